The Kier molecular flexibility index (Phi) is 5.67. The first-order valence-corrected chi connectivity index (χ1v) is 10.1. The molecule has 0 atom stereocenters. The van der Waals surface area contributed by atoms with Crippen molar-refractivity contribution in [1.29, 1.82) is 0 Å². The van der Waals surface area contributed by atoms with Gasteiger partial charge in [0.05, 0.1) is 26.2 Å². The van der Waals surface area contributed by atoms with Gasteiger partial charge < -0.3 is 18.9 Å². The molecule has 2 aromatic carbocycles. The molecule has 158 valence electrons. The van der Waals surface area contributed by atoms with E-state index >= 15 is 0 Å². The normalized spacial score (nSPS) is 11.7. The molecule has 5 heteroatoms. The number of carbonyl (C=O) groups excluding carboxylic acids is 1. The summed E-state index contributed by atoms with van der Waals surface area (Å²) in [6, 6.07) is 14.0. The van der Waals surface area contributed by atoms with Crippen LogP contribution in [-0.2, 0) is 11.3 Å². The van der Waals surface area contributed by atoms with Gasteiger partial charge in [0.25, 0.3) is 0 Å². The van der Waals surface area contributed by atoms with E-state index < -0.39 is 0 Å². The average Bonchev–Trinajstić information content (AvgIpc) is 3.43. The third-order valence-corrected chi connectivity index (χ3v) is 5.40. The minimum Gasteiger partial charge on any atom is -0.496 e. The molecule has 0 fully saturated rings. The Morgan fingerprint density at radius 2 is 1.90 bits per heavy atom. The van der Waals surface area contributed by atoms with Crippen molar-refractivity contribution in [2.45, 2.75) is 27.3 Å². The number of rotatable bonds is 6. The summed E-state index contributed by atoms with van der Waals surface area (Å²) < 4.78 is 16.9. The second-order valence-electron chi connectivity index (χ2n) is 7.60. The van der Waals surface area contributed by atoms with E-state index in [-0.39, 0.29) is 5.91 Å². The van der Waals surface area contributed by atoms with Crippen LogP contribution in [0.15, 0.2) is 69.9 Å². The summed E-state index contributed by atoms with van der Waals surface area (Å²) in [7, 11) is 1.63. The minimum atomic E-state index is -0.195. The lowest BCUT2D eigenvalue weighted by Crippen LogP contribution is -2.20. The second kappa shape index (κ2) is 8.56. The first-order chi connectivity index (χ1) is 15.0. The number of nitrogens with one attached hydrogen (secondary N) is 1. The predicted octanol–water partition coefficient (Wildman–Crippen LogP) is 6.04. The van der Waals surface area contributed by atoms with Crippen LogP contribution in [0.4, 0.5) is 0 Å². The van der Waals surface area contributed by atoms with Crippen molar-refractivity contribution in [2.24, 2.45) is 0 Å². The highest BCUT2D eigenvalue weighted by Gasteiger charge is 2.18. The monoisotopic (exact) mass is 415 g/mol. The molecule has 1 N–H and O–H groups in total. The van der Waals surface area contributed by atoms with Crippen LogP contribution in [0, 0.1) is 13.8 Å². The smallest absolute Gasteiger partial charge is 0.244 e. The summed E-state index contributed by atoms with van der Waals surface area (Å²) >= 11 is 0. The van der Waals surface area contributed by atoms with Gasteiger partial charge in [0.15, 0.2) is 0 Å². The van der Waals surface area contributed by atoms with Gasteiger partial charge in [-0.1, -0.05) is 29.8 Å². The largest absolute Gasteiger partial charge is 0.496 e. The zero-order valence-electron chi connectivity index (χ0n) is 18.1. The van der Waals surface area contributed by atoms with Crippen LogP contribution in [0.2, 0.25) is 0 Å². The Morgan fingerprint density at radius 1 is 1.13 bits per heavy atom. The summed E-state index contributed by atoms with van der Waals surface area (Å²) in [5.41, 5.74) is 6.64. The van der Waals surface area contributed by atoms with E-state index in [4.69, 9.17) is 13.6 Å². The maximum absolute atomic E-state index is 12.5. The lowest BCUT2D eigenvalue weighted by Gasteiger charge is -2.13. The van der Waals surface area contributed by atoms with Crippen LogP contribution in [-0.4, -0.2) is 13.0 Å². The Bertz CT molecular complexity index is 1250. The van der Waals surface area contributed by atoms with Crippen molar-refractivity contribution in [3.63, 3.8) is 0 Å². The fraction of sp³-hybridized carbons (Fsp3) is 0.192. The maximum Gasteiger partial charge on any atom is 0.244 e. The molecule has 0 unspecified atom stereocenters. The number of furan rings is 2. The third kappa shape index (κ3) is 4.12. The standard InChI is InChI=1S/C26H25NO4/c1-16-7-9-19(10-8-16)23-15-31-26-18(3)25(29-4)21(13-22(23)26)17(2)12-24(28)27-14-20-6-5-11-30-20/h5-13,15H,14H2,1-4H3,(H,27,28)/b17-12+. The molecule has 4 rings (SSSR count). The van der Waals surface area contributed by atoms with Gasteiger partial charge in [-0.3, -0.25) is 4.79 Å². The minimum absolute atomic E-state index is 0.195. The van der Waals surface area contributed by atoms with Gasteiger partial charge >= 0.3 is 0 Å². The maximum atomic E-state index is 12.5. The first-order valence-electron chi connectivity index (χ1n) is 10.1. The van der Waals surface area contributed by atoms with Crippen LogP contribution >= 0.6 is 0 Å². The highest BCUT2D eigenvalue weighted by atomic mass is 16.5. The van der Waals surface area contributed by atoms with Crippen molar-refractivity contribution in [3.05, 3.63) is 83.5 Å². The Morgan fingerprint density at radius 3 is 2.58 bits per heavy atom. The number of allylic oxidation sites excluding steroid dienone is 1. The van der Waals surface area contributed by atoms with Crippen molar-refractivity contribution < 1.29 is 18.4 Å². The molecule has 0 aliphatic carbocycles. The quantitative estimate of drug-likeness (QED) is 0.390. The highest BCUT2D eigenvalue weighted by Crippen LogP contribution is 2.40. The Hall–Kier alpha value is -3.73. The number of amides is 1. The number of carbonyl (C=O) groups is 1. The third-order valence-electron chi connectivity index (χ3n) is 5.40. The molecule has 4 aromatic rings. The van der Waals surface area contributed by atoms with Gasteiger partial charge in [-0.15, -0.1) is 0 Å². The van der Waals surface area contributed by atoms with E-state index in [1.807, 2.05) is 26.0 Å². The fourth-order valence-electron chi connectivity index (χ4n) is 3.74. The fourth-order valence-corrected chi connectivity index (χ4v) is 3.74. The van der Waals surface area contributed by atoms with Gasteiger partial charge in [-0.2, -0.15) is 0 Å². The van der Waals surface area contributed by atoms with Crippen LogP contribution in [0.1, 0.15) is 29.4 Å². The van der Waals surface area contributed by atoms with Crippen LogP contribution in [0.5, 0.6) is 5.75 Å². The molecule has 0 radical (unpaired) electrons. The van der Waals surface area contributed by atoms with Crippen molar-refractivity contribution in [2.75, 3.05) is 7.11 Å². The average molecular weight is 415 g/mol. The van der Waals surface area contributed by atoms with Gasteiger partial charge in [-0.05, 0) is 50.1 Å². The number of hydrogen-bond donors (Lipinski definition) is 1. The molecule has 0 saturated carbocycles. The second-order valence-corrected chi connectivity index (χ2v) is 7.60. The summed E-state index contributed by atoms with van der Waals surface area (Å²) in [5.74, 6) is 1.21. The lowest BCUT2D eigenvalue weighted by atomic mass is 9.96. The van der Waals surface area contributed by atoms with E-state index in [1.54, 1.807) is 31.8 Å². The first kappa shape index (κ1) is 20.5. The van der Waals surface area contributed by atoms with Crippen molar-refractivity contribution in [3.8, 4) is 16.9 Å². The Labute approximate surface area is 181 Å². The lowest BCUT2D eigenvalue weighted by molar-refractivity contribution is -0.116. The van der Waals surface area contributed by atoms with Crippen molar-refractivity contribution >= 4 is 22.4 Å². The van der Waals surface area contributed by atoms with Crippen molar-refractivity contribution in [1.82, 2.24) is 5.32 Å². The number of methoxy groups -OCH3 is 1. The molecule has 1 amide bonds. The summed E-state index contributed by atoms with van der Waals surface area (Å²) in [5, 5.41) is 3.83. The van der Waals surface area contributed by atoms with Crippen LogP contribution in [0.25, 0.3) is 27.7 Å². The van der Waals surface area contributed by atoms with Gasteiger partial charge in [-0.25, -0.2) is 0 Å². The summed E-state index contributed by atoms with van der Waals surface area (Å²) in [6.07, 6.45) is 4.94. The number of fused-ring (bicyclic) bond motifs is 1. The van der Waals surface area contributed by atoms with Gasteiger partial charge in [0, 0.05) is 28.2 Å². The molecule has 0 aliphatic heterocycles. The van der Waals surface area contributed by atoms with E-state index in [0.29, 0.717) is 18.1 Å². The molecule has 5 nitrogen and oxygen atoms in total. The summed E-state index contributed by atoms with van der Waals surface area (Å²) in [6.45, 7) is 6.28. The highest BCUT2D eigenvalue weighted by molar-refractivity contribution is 6.01. The molecule has 0 aliphatic rings. The molecule has 31 heavy (non-hydrogen) atoms. The van der Waals surface area contributed by atoms with Crippen LogP contribution < -0.4 is 10.1 Å². The molecule has 0 spiro atoms. The molecule has 2 heterocycles. The number of ether oxygens (including phenoxy) is 1. The molecular weight excluding hydrogens is 390 g/mol. The van der Waals surface area contributed by atoms with E-state index in [1.165, 1.54) is 5.56 Å². The number of hydrogen-bond acceptors (Lipinski definition) is 4. The predicted molar refractivity (Wildman–Crippen MR) is 122 cm³/mol. The zero-order chi connectivity index (χ0) is 22.0. The van der Waals surface area contributed by atoms with E-state index in [2.05, 4.69) is 36.5 Å². The SMILES string of the molecule is COc1c(/C(C)=C/C(=O)NCc2ccco2)cc2c(-c3ccc(C)cc3)coc2c1C. The topological polar surface area (TPSA) is 64.6 Å². The summed E-state index contributed by atoms with van der Waals surface area (Å²) in [4.78, 5) is 12.5. The molecule has 0 saturated heterocycles. The number of benzene rings is 2. The Balaban J connectivity index is 1.72. The van der Waals surface area contributed by atoms with E-state index in [9.17, 15) is 4.79 Å². The van der Waals surface area contributed by atoms with E-state index in [0.717, 1.165) is 38.8 Å². The van der Waals surface area contributed by atoms with Gasteiger partial charge in [0.2, 0.25) is 5.91 Å². The molecule has 0 bridgehead atoms. The number of aryl methyl sites for hydroxylation is 2. The zero-order valence-corrected chi connectivity index (χ0v) is 18.1. The van der Waals surface area contributed by atoms with Crippen LogP contribution in [0.3, 0.4) is 0 Å². The van der Waals surface area contributed by atoms with Gasteiger partial charge in [0.1, 0.15) is 17.1 Å². The molecular formula is C26H25NO4. The molecule has 2 aromatic heterocycles.